The number of aromatic nitrogens is 3. The molecule has 0 radical (unpaired) electrons. The van der Waals surface area contributed by atoms with Crippen LogP contribution < -0.4 is 10.6 Å². The molecule has 2 N–H and O–H groups in total. The molecule has 102 valence electrons. The fourth-order valence-corrected chi connectivity index (χ4v) is 1.55. The van der Waals surface area contributed by atoms with Gasteiger partial charge in [-0.1, -0.05) is 0 Å². The first kappa shape index (κ1) is 14.6. The molecule has 1 aromatic rings. The van der Waals surface area contributed by atoms with Crippen molar-refractivity contribution in [3.05, 3.63) is 12.2 Å². The molecular formula is C11H21N5O2. The lowest BCUT2D eigenvalue weighted by molar-refractivity contribution is -0.121. The molecule has 1 unspecified atom stereocenters. The standard InChI is InChI=1S/C11H21N5O2/c1-9(7-18-3)14-11(17)6-12-5-4-10-15-13-8-16(10)2/h8-9,12H,4-7H2,1-3H3,(H,14,17). The zero-order chi connectivity index (χ0) is 13.4. The van der Waals surface area contributed by atoms with Crippen molar-refractivity contribution in [1.82, 2.24) is 25.4 Å². The molecule has 0 aromatic carbocycles. The van der Waals surface area contributed by atoms with E-state index in [-0.39, 0.29) is 11.9 Å². The number of aryl methyl sites for hydroxylation is 1. The molecule has 1 heterocycles. The molecule has 1 rings (SSSR count). The summed E-state index contributed by atoms with van der Waals surface area (Å²) in [5.74, 6) is 0.869. The molecule has 0 spiro atoms. The summed E-state index contributed by atoms with van der Waals surface area (Å²) in [5, 5.41) is 13.6. The first-order chi connectivity index (χ1) is 8.63. The number of carbonyl (C=O) groups excluding carboxylic acids is 1. The Hall–Kier alpha value is -1.47. The topological polar surface area (TPSA) is 81.1 Å². The van der Waals surface area contributed by atoms with E-state index in [1.165, 1.54) is 0 Å². The summed E-state index contributed by atoms with van der Waals surface area (Å²) in [6, 6.07) is 0.0306. The van der Waals surface area contributed by atoms with Crippen LogP contribution >= 0.6 is 0 Å². The molecule has 0 saturated carbocycles. The van der Waals surface area contributed by atoms with Gasteiger partial charge in [-0.05, 0) is 6.92 Å². The molecule has 0 fully saturated rings. The van der Waals surface area contributed by atoms with Crippen molar-refractivity contribution >= 4 is 5.91 Å². The Kier molecular flexibility index (Phi) is 6.31. The Morgan fingerprint density at radius 2 is 2.39 bits per heavy atom. The van der Waals surface area contributed by atoms with Gasteiger partial charge in [0.05, 0.1) is 13.2 Å². The fraction of sp³-hybridized carbons (Fsp3) is 0.727. The van der Waals surface area contributed by atoms with Gasteiger partial charge in [-0.3, -0.25) is 4.79 Å². The van der Waals surface area contributed by atoms with Gasteiger partial charge in [-0.15, -0.1) is 10.2 Å². The Morgan fingerprint density at radius 1 is 1.61 bits per heavy atom. The van der Waals surface area contributed by atoms with E-state index in [2.05, 4.69) is 20.8 Å². The van der Waals surface area contributed by atoms with E-state index >= 15 is 0 Å². The van der Waals surface area contributed by atoms with Gasteiger partial charge in [0, 0.05) is 33.2 Å². The van der Waals surface area contributed by atoms with Crippen molar-refractivity contribution in [2.45, 2.75) is 19.4 Å². The first-order valence-corrected chi connectivity index (χ1v) is 5.95. The first-order valence-electron chi connectivity index (χ1n) is 5.95. The van der Waals surface area contributed by atoms with Crippen LogP contribution in [0, 0.1) is 0 Å². The number of nitrogens with one attached hydrogen (secondary N) is 2. The maximum Gasteiger partial charge on any atom is 0.234 e. The Labute approximate surface area is 107 Å². The summed E-state index contributed by atoms with van der Waals surface area (Å²) in [6.07, 6.45) is 2.41. The van der Waals surface area contributed by atoms with Gasteiger partial charge in [-0.2, -0.15) is 0 Å². The van der Waals surface area contributed by atoms with Crippen LogP contribution in [0.4, 0.5) is 0 Å². The van der Waals surface area contributed by atoms with Gasteiger partial charge in [-0.25, -0.2) is 0 Å². The number of rotatable bonds is 8. The second-order valence-corrected chi connectivity index (χ2v) is 4.21. The Balaban J connectivity index is 2.11. The highest BCUT2D eigenvalue weighted by atomic mass is 16.5. The Morgan fingerprint density at radius 3 is 3.00 bits per heavy atom. The molecule has 7 nitrogen and oxygen atoms in total. The third-order valence-corrected chi connectivity index (χ3v) is 2.44. The summed E-state index contributed by atoms with van der Waals surface area (Å²) in [4.78, 5) is 11.5. The summed E-state index contributed by atoms with van der Waals surface area (Å²) in [5.41, 5.74) is 0. The lowest BCUT2D eigenvalue weighted by Gasteiger charge is -2.12. The number of amides is 1. The highest BCUT2D eigenvalue weighted by molar-refractivity contribution is 5.78. The number of methoxy groups -OCH3 is 1. The second kappa shape index (κ2) is 7.78. The van der Waals surface area contributed by atoms with Crippen molar-refractivity contribution in [2.75, 3.05) is 26.8 Å². The molecule has 18 heavy (non-hydrogen) atoms. The summed E-state index contributed by atoms with van der Waals surface area (Å²) in [6.45, 7) is 3.41. The fourth-order valence-electron chi connectivity index (χ4n) is 1.55. The molecule has 0 bridgehead atoms. The molecule has 1 amide bonds. The summed E-state index contributed by atoms with van der Waals surface area (Å²) in [7, 11) is 3.51. The average molecular weight is 255 g/mol. The largest absolute Gasteiger partial charge is 0.383 e. The minimum atomic E-state index is -0.0301. The van der Waals surface area contributed by atoms with Gasteiger partial charge in [0.15, 0.2) is 0 Å². The highest BCUT2D eigenvalue weighted by Gasteiger charge is 2.06. The maximum atomic E-state index is 11.5. The number of hydrogen-bond donors (Lipinski definition) is 2. The maximum absolute atomic E-state index is 11.5. The lowest BCUT2D eigenvalue weighted by atomic mass is 10.3. The van der Waals surface area contributed by atoms with Gasteiger partial charge in [0.1, 0.15) is 12.2 Å². The molecular weight excluding hydrogens is 234 g/mol. The number of hydrogen-bond acceptors (Lipinski definition) is 5. The molecule has 1 aromatic heterocycles. The SMILES string of the molecule is COCC(C)NC(=O)CNCCc1nncn1C. The number of carbonyl (C=O) groups is 1. The molecule has 0 aliphatic carbocycles. The van der Waals surface area contributed by atoms with Gasteiger partial charge >= 0.3 is 0 Å². The normalized spacial score (nSPS) is 12.4. The van der Waals surface area contributed by atoms with E-state index < -0.39 is 0 Å². The van der Waals surface area contributed by atoms with E-state index in [9.17, 15) is 4.79 Å². The third kappa shape index (κ3) is 5.24. The van der Waals surface area contributed by atoms with Crippen LogP contribution in [-0.4, -0.2) is 53.5 Å². The zero-order valence-corrected chi connectivity index (χ0v) is 11.1. The average Bonchev–Trinajstić information content (AvgIpc) is 2.71. The lowest BCUT2D eigenvalue weighted by Crippen LogP contribution is -2.41. The molecule has 0 saturated heterocycles. The molecule has 1 atom stereocenters. The number of ether oxygens (including phenoxy) is 1. The van der Waals surface area contributed by atoms with Crippen molar-refractivity contribution in [3.8, 4) is 0 Å². The predicted molar refractivity (Wildman–Crippen MR) is 67.1 cm³/mol. The van der Waals surface area contributed by atoms with E-state index in [1.807, 2.05) is 18.5 Å². The predicted octanol–water partition coefficient (Wildman–Crippen LogP) is -0.902. The van der Waals surface area contributed by atoms with E-state index in [4.69, 9.17) is 4.74 Å². The van der Waals surface area contributed by atoms with Crippen molar-refractivity contribution in [1.29, 1.82) is 0 Å². The van der Waals surface area contributed by atoms with E-state index in [0.717, 1.165) is 12.2 Å². The van der Waals surface area contributed by atoms with Crippen LogP contribution in [0.15, 0.2) is 6.33 Å². The quantitative estimate of drug-likeness (QED) is 0.588. The van der Waals surface area contributed by atoms with Crippen LogP contribution in [0.2, 0.25) is 0 Å². The van der Waals surface area contributed by atoms with Crippen LogP contribution in [0.5, 0.6) is 0 Å². The Bertz CT molecular complexity index is 366. The summed E-state index contributed by atoms with van der Waals surface area (Å²) >= 11 is 0. The zero-order valence-electron chi connectivity index (χ0n) is 11.1. The van der Waals surface area contributed by atoms with Crippen molar-refractivity contribution in [3.63, 3.8) is 0 Å². The second-order valence-electron chi connectivity index (χ2n) is 4.21. The summed E-state index contributed by atoms with van der Waals surface area (Å²) < 4.78 is 6.80. The minimum absolute atomic E-state index is 0.0301. The van der Waals surface area contributed by atoms with Crippen LogP contribution in [0.1, 0.15) is 12.7 Å². The van der Waals surface area contributed by atoms with Crippen LogP contribution in [0.3, 0.4) is 0 Å². The van der Waals surface area contributed by atoms with E-state index in [1.54, 1.807) is 13.4 Å². The third-order valence-electron chi connectivity index (χ3n) is 2.44. The van der Waals surface area contributed by atoms with Gasteiger partial charge in [0.2, 0.25) is 5.91 Å². The van der Waals surface area contributed by atoms with Crippen LogP contribution in [0.25, 0.3) is 0 Å². The van der Waals surface area contributed by atoms with Gasteiger partial charge < -0.3 is 19.9 Å². The van der Waals surface area contributed by atoms with Crippen molar-refractivity contribution < 1.29 is 9.53 Å². The molecule has 7 heteroatoms. The highest BCUT2D eigenvalue weighted by Crippen LogP contribution is 1.90. The van der Waals surface area contributed by atoms with Crippen LogP contribution in [-0.2, 0) is 23.0 Å². The monoisotopic (exact) mass is 255 g/mol. The van der Waals surface area contributed by atoms with Gasteiger partial charge in [0.25, 0.3) is 0 Å². The molecule has 0 aliphatic rings. The molecule has 0 aliphatic heterocycles. The smallest absolute Gasteiger partial charge is 0.234 e. The number of nitrogens with zero attached hydrogens (tertiary/aromatic N) is 3. The minimum Gasteiger partial charge on any atom is -0.383 e. The van der Waals surface area contributed by atoms with Crippen molar-refractivity contribution in [2.24, 2.45) is 7.05 Å². The van der Waals surface area contributed by atoms with E-state index in [0.29, 0.717) is 19.7 Å².